The molecule has 0 aliphatic rings. The SMILES string of the molecule is CCN(CC(=O)OC)C(=O)c1ccc(C)nc1C. The number of hydrogen-bond donors (Lipinski definition) is 0. The zero-order valence-corrected chi connectivity index (χ0v) is 11.2. The third-order valence-electron chi connectivity index (χ3n) is 2.67. The number of pyridine rings is 1. The summed E-state index contributed by atoms with van der Waals surface area (Å²) >= 11 is 0. The second kappa shape index (κ2) is 6.14. The van der Waals surface area contributed by atoms with Gasteiger partial charge >= 0.3 is 5.97 Å². The van der Waals surface area contributed by atoms with Gasteiger partial charge in [0.15, 0.2) is 0 Å². The number of likely N-dealkylation sites (N-methyl/N-ethyl adjacent to an activating group) is 1. The Morgan fingerprint density at radius 3 is 2.50 bits per heavy atom. The predicted molar refractivity (Wildman–Crippen MR) is 67.3 cm³/mol. The largest absolute Gasteiger partial charge is 0.468 e. The first-order valence-electron chi connectivity index (χ1n) is 5.80. The van der Waals surface area contributed by atoms with Crippen molar-refractivity contribution in [2.24, 2.45) is 0 Å². The number of esters is 1. The Morgan fingerprint density at radius 1 is 1.33 bits per heavy atom. The topological polar surface area (TPSA) is 59.5 Å². The Balaban J connectivity index is 2.93. The lowest BCUT2D eigenvalue weighted by Crippen LogP contribution is -2.36. The van der Waals surface area contributed by atoms with Gasteiger partial charge in [-0.1, -0.05) is 0 Å². The first kappa shape index (κ1) is 14.2. The zero-order chi connectivity index (χ0) is 13.7. The Morgan fingerprint density at radius 2 is 2.00 bits per heavy atom. The molecule has 98 valence electrons. The van der Waals surface area contributed by atoms with Gasteiger partial charge in [-0.3, -0.25) is 14.6 Å². The molecule has 0 spiro atoms. The number of nitrogens with zero attached hydrogens (tertiary/aromatic N) is 2. The third-order valence-corrected chi connectivity index (χ3v) is 2.67. The van der Waals surface area contributed by atoms with E-state index < -0.39 is 5.97 Å². The Kier molecular flexibility index (Phi) is 4.83. The van der Waals surface area contributed by atoms with E-state index in [0.717, 1.165) is 5.69 Å². The van der Waals surface area contributed by atoms with Crippen LogP contribution in [-0.4, -0.2) is 42.0 Å². The Hall–Kier alpha value is -1.91. The van der Waals surface area contributed by atoms with Crippen LogP contribution in [0.15, 0.2) is 12.1 Å². The minimum Gasteiger partial charge on any atom is -0.468 e. The standard InChI is InChI=1S/C13H18N2O3/c1-5-15(8-12(16)18-4)13(17)11-7-6-9(2)14-10(11)3/h6-7H,5,8H2,1-4H3. The first-order valence-corrected chi connectivity index (χ1v) is 5.80. The lowest BCUT2D eigenvalue weighted by atomic mass is 10.1. The van der Waals surface area contributed by atoms with Gasteiger partial charge in [0.2, 0.25) is 0 Å². The summed E-state index contributed by atoms with van der Waals surface area (Å²) in [5, 5.41) is 0. The van der Waals surface area contributed by atoms with Crippen LogP contribution < -0.4 is 0 Å². The average Bonchev–Trinajstić information content (AvgIpc) is 2.34. The van der Waals surface area contributed by atoms with Crippen molar-refractivity contribution in [3.63, 3.8) is 0 Å². The molecule has 1 aromatic rings. The Bertz CT molecular complexity index is 458. The van der Waals surface area contributed by atoms with Gasteiger partial charge in [0.25, 0.3) is 5.91 Å². The molecule has 0 saturated heterocycles. The van der Waals surface area contributed by atoms with Crippen LogP contribution in [0.3, 0.4) is 0 Å². The summed E-state index contributed by atoms with van der Waals surface area (Å²) < 4.78 is 4.57. The van der Waals surface area contributed by atoms with Crippen LogP contribution in [-0.2, 0) is 9.53 Å². The molecule has 1 rings (SSSR count). The fraction of sp³-hybridized carbons (Fsp3) is 0.462. The predicted octanol–water partition coefficient (Wildman–Crippen LogP) is 1.33. The molecule has 0 aromatic carbocycles. The molecular formula is C13H18N2O3. The number of aromatic nitrogens is 1. The third kappa shape index (κ3) is 3.29. The molecule has 0 atom stereocenters. The van der Waals surface area contributed by atoms with Gasteiger partial charge in [-0.25, -0.2) is 0 Å². The van der Waals surface area contributed by atoms with Crippen LogP contribution in [0.5, 0.6) is 0 Å². The summed E-state index contributed by atoms with van der Waals surface area (Å²) in [6.07, 6.45) is 0. The molecule has 0 radical (unpaired) electrons. The maximum atomic E-state index is 12.2. The highest BCUT2D eigenvalue weighted by Gasteiger charge is 2.19. The highest BCUT2D eigenvalue weighted by Crippen LogP contribution is 2.10. The van der Waals surface area contributed by atoms with E-state index in [1.54, 1.807) is 19.1 Å². The minimum atomic E-state index is -0.428. The second-order valence-electron chi connectivity index (χ2n) is 3.98. The van der Waals surface area contributed by atoms with Crippen LogP contribution in [0.2, 0.25) is 0 Å². The van der Waals surface area contributed by atoms with E-state index >= 15 is 0 Å². The van der Waals surface area contributed by atoms with Gasteiger partial charge in [0, 0.05) is 12.2 Å². The molecule has 0 saturated carbocycles. The maximum Gasteiger partial charge on any atom is 0.325 e. The molecule has 1 aromatic heterocycles. The highest BCUT2D eigenvalue weighted by molar-refractivity contribution is 5.96. The number of hydrogen-bond acceptors (Lipinski definition) is 4. The fourth-order valence-electron chi connectivity index (χ4n) is 1.63. The van der Waals surface area contributed by atoms with Gasteiger partial charge in [-0.2, -0.15) is 0 Å². The molecule has 0 N–H and O–H groups in total. The molecule has 0 fully saturated rings. The molecule has 1 heterocycles. The van der Waals surface area contributed by atoms with Gasteiger partial charge < -0.3 is 9.64 Å². The molecule has 0 aliphatic carbocycles. The summed E-state index contributed by atoms with van der Waals surface area (Å²) in [6.45, 7) is 5.87. The van der Waals surface area contributed by atoms with Gasteiger partial charge in [-0.05, 0) is 32.9 Å². The molecule has 0 aliphatic heterocycles. The maximum absolute atomic E-state index is 12.2. The van der Waals surface area contributed by atoms with Crippen molar-refractivity contribution in [3.8, 4) is 0 Å². The monoisotopic (exact) mass is 250 g/mol. The van der Waals surface area contributed by atoms with E-state index in [4.69, 9.17) is 0 Å². The van der Waals surface area contributed by atoms with Crippen LogP contribution in [0.25, 0.3) is 0 Å². The highest BCUT2D eigenvalue weighted by atomic mass is 16.5. The zero-order valence-electron chi connectivity index (χ0n) is 11.2. The summed E-state index contributed by atoms with van der Waals surface area (Å²) in [5.41, 5.74) is 2.05. The average molecular weight is 250 g/mol. The lowest BCUT2D eigenvalue weighted by molar-refractivity contribution is -0.141. The molecule has 0 bridgehead atoms. The normalized spacial score (nSPS) is 10.0. The summed E-state index contributed by atoms with van der Waals surface area (Å²) in [4.78, 5) is 29.1. The van der Waals surface area contributed by atoms with Gasteiger partial charge in [0.05, 0.1) is 18.4 Å². The number of carbonyl (C=O) groups excluding carboxylic acids is 2. The van der Waals surface area contributed by atoms with E-state index in [1.807, 2.05) is 13.8 Å². The van der Waals surface area contributed by atoms with E-state index in [2.05, 4.69) is 9.72 Å². The fourth-order valence-corrected chi connectivity index (χ4v) is 1.63. The van der Waals surface area contributed by atoms with Gasteiger partial charge in [-0.15, -0.1) is 0 Å². The molecule has 5 nitrogen and oxygen atoms in total. The number of aryl methyl sites for hydroxylation is 2. The Labute approximate surface area is 107 Å². The van der Waals surface area contributed by atoms with E-state index in [0.29, 0.717) is 17.8 Å². The van der Waals surface area contributed by atoms with Crippen LogP contribution in [0, 0.1) is 13.8 Å². The summed E-state index contributed by atoms with van der Waals surface area (Å²) in [5.74, 6) is -0.629. The van der Waals surface area contributed by atoms with E-state index in [9.17, 15) is 9.59 Å². The number of amides is 1. The van der Waals surface area contributed by atoms with Crippen molar-refractivity contribution in [3.05, 3.63) is 29.1 Å². The van der Waals surface area contributed by atoms with Crippen molar-refractivity contribution < 1.29 is 14.3 Å². The van der Waals surface area contributed by atoms with Gasteiger partial charge in [0.1, 0.15) is 6.54 Å². The van der Waals surface area contributed by atoms with Crippen molar-refractivity contribution >= 4 is 11.9 Å². The summed E-state index contributed by atoms with van der Waals surface area (Å²) in [6, 6.07) is 3.52. The number of methoxy groups -OCH3 is 1. The lowest BCUT2D eigenvalue weighted by Gasteiger charge is -2.20. The molecule has 18 heavy (non-hydrogen) atoms. The van der Waals surface area contributed by atoms with Crippen LogP contribution in [0.4, 0.5) is 0 Å². The first-order chi connectivity index (χ1) is 8.49. The van der Waals surface area contributed by atoms with Crippen molar-refractivity contribution in [1.82, 2.24) is 9.88 Å². The van der Waals surface area contributed by atoms with E-state index in [-0.39, 0.29) is 12.5 Å². The molecular weight excluding hydrogens is 232 g/mol. The number of ether oxygens (including phenoxy) is 1. The minimum absolute atomic E-state index is 0.0425. The molecule has 5 heteroatoms. The van der Waals surface area contributed by atoms with Crippen molar-refractivity contribution in [1.29, 1.82) is 0 Å². The van der Waals surface area contributed by atoms with Crippen LogP contribution >= 0.6 is 0 Å². The smallest absolute Gasteiger partial charge is 0.325 e. The van der Waals surface area contributed by atoms with Crippen molar-refractivity contribution in [2.45, 2.75) is 20.8 Å². The second-order valence-corrected chi connectivity index (χ2v) is 3.98. The quantitative estimate of drug-likeness (QED) is 0.756. The number of rotatable bonds is 4. The molecule has 0 unspecified atom stereocenters. The van der Waals surface area contributed by atoms with Crippen molar-refractivity contribution in [2.75, 3.05) is 20.2 Å². The molecule has 1 amide bonds. The van der Waals surface area contributed by atoms with Crippen LogP contribution in [0.1, 0.15) is 28.7 Å². The summed E-state index contributed by atoms with van der Waals surface area (Å²) in [7, 11) is 1.30. The van der Waals surface area contributed by atoms with E-state index in [1.165, 1.54) is 12.0 Å². The number of carbonyl (C=O) groups is 2.